The Hall–Kier alpha value is 0.660. The molecule has 2 atom stereocenters. The van der Waals surface area contributed by atoms with E-state index in [2.05, 4.69) is 4.93 Å². The van der Waals surface area contributed by atoms with E-state index in [0.717, 1.165) is 6.42 Å². The number of alkyl halides is 3. The topological polar surface area (TPSA) is 0 Å². The zero-order valence-electron chi connectivity index (χ0n) is 4.32. The number of hydrogen-bond donors (Lipinski definition) is 0. The van der Waals surface area contributed by atoms with Crippen LogP contribution in [0.4, 0.5) is 4.39 Å². The van der Waals surface area contributed by atoms with Crippen molar-refractivity contribution in [1.29, 1.82) is 0 Å². The van der Waals surface area contributed by atoms with Crippen LogP contribution >= 0.6 is 0 Å². The Bertz CT molecular complexity index is 65.1. The Morgan fingerprint density at radius 3 is 2.57 bits per heavy atom. The second kappa shape index (κ2) is 2.29. The summed E-state index contributed by atoms with van der Waals surface area (Å²) in [6.07, 6.45) is 0.466. The molecule has 44 valence electrons. The van der Waals surface area contributed by atoms with Crippen molar-refractivity contribution < 1.29 is 25.6 Å². The number of hydrogen-bond acceptors (Lipinski definition) is 0. The molecule has 0 heterocycles. The molecule has 0 spiro atoms. The molecule has 1 fully saturated rings. The van der Waals surface area contributed by atoms with Gasteiger partial charge in [-0.1, -0.05) is 0 Å². The molecule has 7 heavy (non-hydrogen) atoms. The summed E-state index contributed by atoms with van der Waals surface area (Å²) in [5.41, 5.74) is 0. The second-order valence-electron chi connectivity index (χ2n) is 1.93. The van der Waals surface area contributed by atoms with E-state index in [4.69, 9.17) is 0 Å². The van der Waals surface area contributed by atoms with Crippen LogP contribution < -0.4 is 21.2 Å². The van der Waals surface area contributed by atoms with Crippen LogP contribution in [0.1, 0.15) is 6.42 Å². The van der Waals surface area contributed by atoms with Gasteiger partial charge in [0.1, 0.15) is 0 Å². The van der Waals surface area contributed by atoms with Crippen LogP contribution in [0.3, 0.4) is 0 Å². The van der Waals surface area contributed by atoms with Gasteiger partial charge in [-0.15, -0.1) is 0 Å². The molecule has 0 bridgehead atoms. The van der Waals surface area contributed by atoms with Gasteiger partial charge < -0.3 is 0 Å². The zero-order valence-corrected chi connectivity index (χ0v) is 6.48. The van der Waals surface area contributed by atoms with Crippen molar-refractivity contribution in [2.45, 2.75) is 12.6 Å². The molecule has 0 N–H and O–H groups in total. The Balaban J connectivity index is 1.98. The fourth-order valence-electron chi connectivity index (χ4n) is 0.569. The van der Waals surface area contributed by atoms with E-state index in [1.807, 2.05) is 0 Å². The fraction of sp³-hybridized carbons (Fsp3) is 1.00. The van der Waals surface area contributed by atoms with Gasteiger partial charge in [-0.3, -0.25) is 0 Å². The van der Waals surface area contributed by atoms with Crippen LogP contribution in [0.25, 0.3) is 0 Å². The zero-order chi connectivity index (χ0) is 5.28. The molecule has 0 aromatic carbocycles. The van der Waals surface area contributed by atoms with Crippen molar-refractivity contribution in [3.8, 4) is 0 Å². The molecule has 1 rings (SSSR count). The molecule has 0 radical (unpaired) electrons. The summed E-state index contributed by atoms with van der Waals surface area (Å²) < 4.78 is 13.2. The minimum absolute atomic E-state index is 0.362. The fourth-order valence-corrected chi connectivity index (χ4v) is 2.61. The second-order valence-corrected chi connectivity index (χ2v) is 4.34. The maximum atomic E-state index is 12.0. The van der Waals surface area contributed by atoms with E-state index in [0.29, 0.717) is 27.1 Å². The predicted octanol–water partition coefficient (Wildman–Crippen LogP) is -1.94. The number of rotatable bonds is 2. The van der Waals surface area contributed by atoms with Crippen molar-refractivity contribution in [2.75, 3.05) is 9.36 Å². The summed E-state index contributed by atoms with van der Waals surface area (Å²) in [5.74, 6) is 0.498. The molecule has 2 heteroatoms. The van der Waals surface area contributed by atoms with Crippen LogP contribution in [0.2, 0.25) is 0 Å². The molecular formula is C5H9FI-. The molecule has 1 saturated carbocycles. The van der Waals surface area contributed by atoms with E-state index in [-0.39, 0.29) is 0 Å². The van der Waals surface area contributed by atoms with Gasteiger partial charge in [-0.25, -0.2) is 0 Å². The summed E-state index contributed by atoms with van der Waals surface area (Å²) in [4.78, 5) is 2.21. The SMILES string of the molecule is C[I-]CC1CC1F. The molecule has 0 aromatic heterocycles. The van der Waals surface area contributed by atoms with E-state index in [9.17, 15) is 4.39 Å². The normalized spacial score (nSPS) is 39.1. The third kappa shape index (κ3) is 1.55. The van der Waals surface area contributed by atoms with Crippen molar-refractivity contribution in [2.24, 2.45) is 5.92 Å². The first-order chi connectivity index (χ1) is 3.34. The quantitative estimate of drug-likeness (QED) is 0.371. The van der Waals surface area contributed by atoms with Crippen molar-refractivity contribution in [3.63, 3.8) is 0 Å². The van der Waals surface area contributed by atoms with Gasteiger partial charge in [0.25, 0.3) is 0 Å². The average molecular weight is 215 g/mol. The Morgan fingerprint density at radius 2 is 2.43 bits per heavy atom. The molecule has 0 aromatic rings. The van der Waals surface area contributed by atoms with Crippen LogP contribution in [0.15, 0.2) is 0 Å². The van der Waals surface area contributed by atoms with Gasteiger partial charge in [0.05, 0.1) is 0 Å². The number of halogens is 2. The summed E-state index contributed by atoms with van der Waals surface area (Å²) in [5, 5.41) is 0. The first kappa shape index (κ1) is 5.79. The molecule has 2 unspecified atom stereocenters. The van der Waals surface area contributed by atoms with Crippen LogP contribution in [0, 0.1) is 5.92 Å². The maximum absolute atomic E-state index is 12.0. The summed E-state index contributed by atoms with van der Waals surface area (Å²) >= 11 is 0.362. The molecule has 0 amide bonds. The van der Waals surface area contributed by atoms with Crippen molar-refractivity contribution >= 4 is 0 Å². The molecule has 0 nitrogen and oxygen atoms in total. The van der Waals surface area contributed by atoms with Crippen molar-refractivity contribution in [3.05, 3.63) is 0 Å². The third-order valence-electron chi connectivity index (χ3n) is 1.19. The Morgan fingerprint density at radius 1 is 1.86 bits per heavy atom. The predicted molar refractivity (Wildman–Crippen MR) is 23.8 cm³/mol. The van der Waals surface area contributed by atoms with E-state index >= 15 is 0 Å². The van der Waals surface area contributed by atoms with E-state index in [1.54, 1.807) is 0 Å². The van der Waals surface area contributed by atoms with E-state index in [1.165, 1.54) is 4.43 Å². The van der Waals surface area contributed by atoms with Crippen molar-refractivity contribution in [1.82, 2.24) is 0 Å². The molecule has 0 saturated heterocycles. The monoisotopic (exact) mass is 215 g/mol. The summed E-state index contributed by atoms with van der Waals surface area (Å²) in [6.45, 7) is 0. The molecule has 1 aliphatic carbocycles. The standard InChI is InChI=1S/C5H9FI/c1-7-3-4-2-5(4)6/h4-5H,2-3H2,1H3/q-1. The van der Waals surface area contributed by atoms with Crippen LogP contribution in [-0.2, 0) is 0 Å². The van der Waals surface area contributed by atoms with E-state index < -0.39 is 6.17 Å². The van der Waals surface area contributed by atoms with Gasteiger partial charge in [0.15, 0.2) is 0 Å². The molecular weight excluding hydrogens is 206 g/mol. The van der Waals surface area contributed by atoms with Crippen LogP contribution in [0.5, 0.6) is 0 Å². The van der Waals surface area contributed by atoms with Gasteiger partial charge in [0, 0.05) is 0 Å². The van der Waals surface area contributed by atoms with Crippen LogP contribution in [-0.4, -0.2) is 15.5 Å². The molecule has 1 aliphatic rings. The first-order valence-corrected chi connectivity index (χ1v) is 6.10. The van der Waals surface area contributed by atoms with Gasteiger partial charge in [0.2, 0.25) is 0 Å². The Kier molecular flexibility index (Phi) is 1.89. The minimum atomic E-state index is -0.403. The van der Waals surface area contributed by atoms with Gasteiger partial charge in [-0.2, -0.15) is 0 Å². The Labute approximate surface area is 53.7 Å². The van der Waals surface area contributed by atoms with Gasteiger partial charge >= 0.3 is 53.5 Å². The summed E-state index contributed by atoms with van der Waals surface area (Å²) in [7, 11) is 0. The van der Waals surface area contributed by atoms with Gasteiger partial charge in [-0.05, 0) is 0 Å². The third-order valence-corrected chi connectivity index (χ3v) is 3.20. The average Bonchev–Trinajstić information content (AvgIpc) is 2.22. The molecule has 0 aliphatic heterocycles. The summed E-state index contributed by atoms with van der Waals surface area (Å²) in [6, 6.07) is 0. The first-order valence-electron chi connectivity index (χ1n) is 2.42.